The highest BCUT2D eigenvalue weighted by atomic mass is 79.9. The van der Waals surface area contributed by atoms with Gasteiger partial charge in [-0.15, -0.1) is 0 Å². The van der Waals surface area contributed by atoms with E-state index < -0.39 is 0 Å². The molecule has 1 atom stereocenters. The summed E-state index contributed by atoms with van der Waals surface area (Å²) >= 11 is 3.48. The molecule has 0 amide bonds. The molecule has 0 aliphatic carbocycles. The van der Waals surface area contributed by atoms with Gasteiger partial charge in [0, 0.05) is 6.54 Å². The summed E-state index contributed by atoms with van der Waals surface area (Å²) in [4.78, 5) is 0. The summed E-state index contributed by atoms with van der Waals surface area (Å²) < 4.78 is 11.6. The van der Waals surface area contributed by atoms with Crippen LogP contribution < -0.4 is 10.1 Å². The minimum atomic E-state index is 0.293. The third-order valence-corrected chi connectivity index (χ3v) is 3.12. The Bertz CT molecular complexity index is 337. The van der Waals surface area contributed by atoms with Crippen LogP contribution in [0.25, 0.3) is 0 Å². The predicted octanol–water partition coefficient (Wildman–Crippen LogP) is 2.12. The SMILES string of the molecule is COc1ccc([C@@H]2COCCN2)cc1Br. The molecule has 82 valence electrons. The van der Waals surface area contributed by atoms with Crippen molar-refractivity contribution in [2.45, 2.75) is 6.04 Å². The molecule has 1 aliphatic heterocycles. The lowest BCUT2D eigenvalue weighted by Gasteiger charge is -2.24. The van der Waals surface area contributed by atoms with Gasteiger partial charge in [0.15, 0.2) is 0 Å². The van der Waals surface area contributed by atoms with Crippen LogP contribution in [0.5, 0.6) is 5.75 Å². The molecule has 1 heterocycles. The van der Waals surface area contributed by atoms with E-state index in [9.17, 15) is 0 Å². The second kappa shape index (κ2) is 4.96. The zero-order valence-corrected chi connectivity index (χ0v) is 10.2. The van der Waals surface area contributed by atoms with E-state index in [1.807, 2.05) is 6.07 Å². The standard InChI is InChI=1S/C11H14BrNO2/c1-14-11-3-2-8(6-9(11)12)10-7-15-5-4-13-10/h2-3,6,10,13H,4-5,7H2,1H3/t10-/m0/s1. The third kappa shape index (κ3) is 2.51. The Morgan fingerprint density at radius 2 is 2.40 bits per heavy atom. The molecule has 0 unspecified atom stereocenters. The number of hydrogen-bond acceptors (Lipinski definition) is 3. The van der Waals surface area contributed by atoms with Crippen molar-refractivity contribution in [3.63, 3.8) is 0 Å². The first-order valence-corrected chi connectivity index (χ1v) is 5.75. The highest BCUT2D eigenvalue weighted by Gasteiger charge is 2.15. The van der Waals surface area contributed by atoms with Crippen molar-refractivity contribution < 1.29 is 9.47 Å². The van der Waals surface area contributed by atoms with E-state index in [4.69, 9.17) is 9.47 Å². The molecular weight excluding hydrogens is 258 g/mol. The highest BCUT2D eigenvalue weighted by Crippen LogP contribution is 2.28. The number of benzene rings is 1. The largest absolute Gasteiger partial charge is 0.496 e. The Morgan fingerprint density at radius 1 is 1.53 bits per heavy atom. The van der Waals surface area contributed by atoms with Gasteiger partial charge in [0.05, 0.1) is 30.8 Å². The molecular formula is C11H14BrNO2. The number of hydrogen-bond donors (Lipinski definition) is 1. The molecule has 0 spiro atoms. The van der Waals surface area contributed by atoms with Crippen molar-refractivity contribution in [2.24, 2.45) is 0 Å². The summed E-state index contributed by atoms with van der Waals surface area (Å²) in [5, 5.41) is 3.41. The molecule has 0 bridgehead atoms. The van der Waals surface area contributed by atoms with Gasteiger partial charge in [-0.1, -0.05) is 6.07 Å². The lowest BCUT2D eigenvalue weighted by Crippen LogP contribution is -2.34. The van der Waals surface area contributed by atoms with Gasteiger partial charge >= 0.3 is 0 Å². The molecule has 1 fully saturated rings. The van der Waals surface area contributed by atoms with Gasteiger partial charge in [0.25, 0.3) is 0 Å². The molecule has 1 saturated heterocycles. The fourth-order valence-electron chi connectivity index (χ4n) is 1.68. The Labute approximate surface area is 97.9 Å². The number of nitrogens with one attached hydrogen (secondary N) is 1. The Kier molecular flexibility index (Phi) is 3.61. The van der Waals surface area contributed by atoms with E-state index in [0.29, 0.717) is 6.04 Å². The van der Waals surface area contributed by atoms with Crippen LogP contribution in [0.3, 0.4) is 0 Å². The summed E-state index contributed by atoms with van der Waals surface area (Å²) in [7, 11) is 1.67. The Balaban J connectivity index is 2.17. The summed E-state index contributed by atoms with van der Waals surface area (Å²) in [6.07, 6.45) is 0. The maximum atomic E-state index is 5.42. The topological polar surface area (TPSA) is 30.5 Å². The second-order valence-corrected chi connectivity index (χ2v) is 4.33. The quantitative estimate of drug-likeness (QED) is 0.894. The molecule has 2 rings (SSSR count). The van der Waals surface area contributed by atoms with Gasteiger partial charge in [-0.05, 0) is 33.6 Å². The van der Waals surface area contributed by atoms with Crippen molar-refractivity contribution in [1.29, 1.82) is 0 Å². The smallest absolute Gasteiger partial charge is 0.133 e. The molecule has 0 aromatic heterocycles. The monoisotopic (exact) mass is 271 g/mol. The predicted molar refractivity (Wildman–Crippen MR) is 62.3 cm³/mol. The highest BCUT2D eigenvalue weighted by molar-refractivity contribution is 9.10. The van der Waals surface area contributed by atoms with Gasteiger partial charge in [0.1, 0.15) is 5.75 Å². The van der Waals surface area contributed by atoms with Crippen LogP contribution in [-0.2, 0) is 4.74 Å². The maximum absolute atomic E-state index is 5.42. The fourth-order valence-corrected chi connectivity index (χ4v) is 2.24. The summed E-state index contributed by atoms with van der Waals surface area (Å²) in [6, 6.07) is 6.40. The number of morpholine rings is 1. The van der Waals surface area contributed by atoms with E-state index in [1.54, 1.807) is 7.11 Å². The first kappa shape index (κ1) is 10.9. The second-order valence-electron chi connectivity index (χ2n) is 3.48. The zero-order valence-electron chi connectivity index (χ0n) is 8.63. The first-order valence-electron chi connectivity index (χ1n) is 4.96. The number of ether oxygens (including phenoxy) is 2. The van der Waals surface area contributed by atoms with Crippen LogP contribution in [0.1, 0.15) is 11.6 Å². The fraction of sp³-hybridized carbons (Fsp3) is 0.455. The molecule has 3 nitrogen and oxygen atoms in total. The molecule has 1 aromatic rings. The molecule has 1 aliphatic rings. The van der Waals surface area contributed by atoms with Crippen molar-refractivity contribution in [1.82, 2.24) is 5.32 Å². The summed E-state index contributed by atoms with van der Waals surface area (Å²) in [5.41, 5.74) is 1.22. The van der Waals surface area contributed by atoms with Gasteiger partial charge in [0.2, 0.25) is 0 Å². The molecule has 4 heteroatoms. The summed E-state index contributed by atoms with van der Waals surface area (Å²) in [6.45, 7) is 2.45. The van der Waals surface area contributed by atoms with Crippen LogP contribution >= 0.6 is 15.9 Å². The van der Waals surface area contributed by atoms with E-state index in [2.05, 4.69) is 33.4 Å². The van der Waals surface area contributed by atoms with Crippen molar-refractivity contribution in [3.05, 3.63) is 28.2 Å². The Morgan fingerprint density at radius 3 is 3.00 bits per heavy atom. The van der Waals surface area contributed by atoms with E-state index in [0.717, 1.165) is 30.0 Å². The van der Waals surface area contributed by atoms with Gasteiger partial charge in [-0.2, -0.15) is 0 Å². The minimum Gasteiger partial charge on any atom is -0.496 e. The average Bonchev–Trinajstić information content (AvgIpc) is 2.30. The van der Waals surface area contributed by atoms with Crippen molar-refractivity contribution >= 4 is 15.9 Å². The van der Waals surface area contributed by atoms with E-state index >= 15 is 0 Å². The van der Waals surface area contributed by atoms with E-state index in [-0.39, 0.29) is 0 Å². The van der Waals surface area contributed by atoms with Crippen LogP contribution in [-0.4, -0.2) is 26.9 Å². The van der Waals surface area contributed by atoms with Crippen LogP contribution in [0.15, 0.2) is 22.7 Å². The van der Waals surface area contributed by atoms with Crippen LogP contribution in [0.2, 0.25) is 0 Å². The van der Waals surface area contributed by atoms with Gasteiger partial charge in [-0.25, -0.2) is 0 Å². The minimum absolute atomic E-state index is 0.293. The summed E-state index contributed by atoms with van der Waals surface area (Å²) in [5.74, 6) is 0.857. The zero-order chi connectivity index (χ0) is 10.7. The molecule has 0 radical (unpaired) electrons. The molecule has 1 aromatic carbocycles. The van der Waals surface area contributed by atoms with Crippen LogP contribution in [0.4, 0.5) is 0 Å². The maximum Gasteiger partial charge on any atom is 0.133 e. The average molecular weight is 272 g/mol. The first-order chi connectivity index (χ1) is 7.31. The van der Waals surface area contributed by atoms with E-state index in [1.165, 1.54) is 5.56 Å². The van der Waals surface area contributed by atoms with Gasteiger partial charge < -0.3 is 14.8 Å². The normalized spacial score (nSPS) is 21.3. The Hall–Kier alpha value is -0.580. The number of methoxy groups -OCH3 is 1. The lowest BCUT2D eigenvalue weighted by molar-refractivity contribution is 0.0768. The van der Waals surface area contributed by atoms with Crippen molar-refractivity contribution in [2.75, 3.05) is 26.9 Å². The molecule has 1 N–H and O–H groups in total. The molecule has 0 saturated carbocycles. The van der Waals surface area contributed by atoms with Crippen molar-refractivity contribution in [3.8, 4) is 5.75 Å². The molecule has 15 heavy (non-hydrogen) atoms. The lowest BCUT2D eigenvalue weighted by atomic mass is 10.1. The van der Waals surface area contributed by atoms with Crippen LogP contribution in [0, 0.1) is 0 Å². The third-order valence-electron chi connectivity index (χ3n) is 2.50. The van der Waals surface area contributed by atoms with Gasteiger partial charge in [-0.3, -0.25) is 0 Å². The number of rotatable bonds is 2. The number of halogens is 1.